The third-order valence-electron chi connectivity index (χ3n) is 5.77. The van der Waals surface area contributed by atoms with Crippen LogP contribution in [0.15, 0.2) is 79.1 Å². The lowest BCUT2D eigenvalue weighted by Crippen LogP contribution is -2.07. The molecular weight excluding hydrogens is 421 g/mol. The molecule has 5 aromatic rings. The largest absolute Gasteiger partial charge is 0.416 e. The van der Waals surface area contributed by atoms with E-state index in [-0.39, 0.29) is 18.3 Å². The number of aromatic amines is 2. The van der Waals surface area contributed by atoms with E-state index < -0.39 is 11.7 Å². The molecule has 2 nitrogen and oxygen atoms in total. The highest BCUT2D eigenvalue weighted by molar-refractivity contribution is 5.90. The Morgan fingerprint density at radius 2 is 1.39 bits per heavy atom. The van der Waals surface area contributed by atoms with E-state index in [0.717, 1.165) is 56.2 Å². The third kappa shape index (κ3) is 3.59. The zero-order valence-electron chi connectivity index (χ0n) is 16.6. The number of H-pyrrole nitrogens is 2. The summed E-state index contributed by atoms with van der Waals surface area (Å²) in [6.45, 7) is 2.04. The summed E-state index contributed by atoms with van der Waals surface area (Å²) in [5.74, 6) is -0.209. The summed E-state index contributed by atoms with van der Waals surface area (Å²) in [5.41, 5.74) is 5.42. The van der Waals surface area contributed by atoms with E-state index in [0.29, 0.717) is 0 Å². The first kappa shape index (κ1) is 21.1. The molecule has 1 atom stereocenters. The zero-order chi connectivity index (χ0) is 20.9. The second kappa shape index (κ2) is 7.82. The SMILES string of the molecule is Cc1cccc2c(C(c3ccc(C(F)(F)F)cc3)c3c[nH]c4ccccc34)c[nH]c12.Cl. The number of hydrogen-bond acceptors (Lipinski definition) is 0. The van der Waals surface area contributed by atoms with Crippen LogP contribution in [0.1, 0.15) is 33.7 Å². The van der Waals surface area contributed by atoms with Crippen LogP contribution in [-0.4, -0.2) is 9.97 Å². The van der Waals surface area contributed by atoms with Gasteiger partial charge in [-0.1, -0.05) is 48.5 Å². The molecule has 0 spiro atoms. The van der Waals surface area contributed by atoms with Gasteiger partial charge < -0.3 is 9.97 Å². The Morgan fingerprint density at radius 1 is 0.742 bits per heavy atom. The fourth-order valence-corrected chi connectivity index (χ4v) is 4.29. The molecule has 158 valence electrons. The quantitative estimate of drug-likeness (QED) is 0.290. The molecule has 0 fully saturated rings. The smallest absolute Gasteiger partial charge is 0.361 e. The normalized spacial score (nSPS) is 12.8. The number of aromatic nitrogens is 2. The van der Waals surface area contributed by atoms with Gasteiger partial charge in [0.05, 0.1) is 5.56 Å². The molecule has 2 aromatic heterocycles. The van der Waals surface area contributed by atoms with Gasteiger partial charge in [-0.15, -0.1) is 12.4 Å². The minimum absolute atomic E-state index is 0. The molecule has 0 aliphatic carbocycles. The second-order valence-electron chi connectivity index (χ2n) is 7.58. The second-order valence-corrected chi connectivity index (χ2v) is 7.58. The average molecular weight is 441 g/mol. The highest BCUT2D eigenvalue weighted by atomic mass is 35.5. The van der Waals surface area contributed by atoms with E-state index >= 15 is 0 Å². The predicted octanol–water partition coefficient (Wildman–Crippen LogP) is 7.58. The maximum Gasteiger partial charge on any atom is 0.416 e. The first-order chi connectivity index (χ1) is 14.4. The van der Waals surface area contributed by atoms with Crippen molar-refractivity contribution >= 4 is 34.2 Å². The number of nitrogens with one attached hydrogen (secondary N) is 2. The molecule has 0 aliphatic rings. The van der Waals surface area contributed by atoms with Gasteiger partial charge in [0.15, 0.2) is 0 Å². The molecule has 2 N–H and O–H groups in total. The van der Waals surface area contributed by atoms with Crippen LogP contribution < -0.4 is 0 Å². The van der Waals surface area contributed by atoms with Crippen molar-refractivity contribution in [2.75, 3.05) is 0 Å². The first-order valence-corrected chi connectivity index (χ1v) is 9.73. The van der Waals surface area contributed by atoms with E-state index in [4.69, 9.17) is 0 Å². The molecule has 0 aliphatic heterocycles. The van der Waals surface area contributed by atoms with Gasteiger partial charge in [-0.3, -0.25) is 0 Å². The fourth-order valence-electron chi connectivity index (χ4n) is 4.29. The number of aryl methyl sites for hydroxylation is 1. The molecule has 0 saturated heterocycles. The van der Waals surface area contributed by atoms with E-state index in [9.17, 15) is 13.2 Å². The van der Waals surface area contributed by atoms with E-state index in [1.54, 1.807) is 12.1 Å². The van der Waals surface area contributed by atoms with Crippen molar-refractivity contribution in [2.45, 2.75) is 19.0 Å². The third-order valence-corrected chi connectivity index (χ3v) is 5.77. The maximum absolute atomic E-state index is 13.1. The Morgan fingerprint density at radius 3 is 2.13 bits per heavy atom. The monoisotopic (exact) mass is 440 g/mol. The molecule has 0 amide bonds. The highest BCUT2D eigenvalue weighted by Gasteiger charge is 2.31. The van der Waals surface area contributed by atoms with Crippen LogP contribution in [-0.2, 0) is 6.18 Å². The summed E-state index contributed by atoms with van der Waals surface area (Å²) in [4.78, 5) is 6.67. The Balaban J connectivity index is 0.00000231. The van der Waals surface area contributed by atoms with Gasteiger partial charge in [-0.25, -0.2) is 0 Å². The van der Waals surface area contributed by atoms with Gasteiger partial charge in [-0.2, -0.15) is 13.2 Å². The van der Waals surface area contributed by atoms with Crippen LogP contribution in [0.3, 0.4) is 0 Å². The number of rotatable bonds is 3. The van der Waals surface area contributed by atoms with Crippen LogP contribution >= 0.6 is 12.4 Å². The Bertz CT molecular complexity index is 1350. The molecule has 0 bridgehead atoms. The van der Waals surface area contributed by atoms with Crippen LogP contribution in [0.4, 0.5) is 13.2 Å². The van der Waals surface area contributed by atoms with Gasteiger partial charge in [0, 0.05) is 40.1 Å². The van der Waals surface area contributed by atoms with E-state index in [2.05, 4.69) is 16.0 Å². The molecule has 5 rings (SSSR count). The molecular formula is C25H20ClF3N2. The van der Waals surface area contributed by atoms with Gasteiger partial charge in [0.25, 0.3) is 0 Å². The van der Waals surface area contributed by atoms with Crippen LogP contribution in [0.25, 0.3) is 21.8 Å². The van der Waals surface area contributed by atoms with Crippen LogP contribution in [0, 0.1) is 6.92 Å². The van der Waals surface area contributed by atoms with Crippen LogP contribution in [0.2, 0.25) is 0 Å². The van der Waals surface area contributed by atoms with Crippen molar-refractivity contribution in [3.05, 3.63) is 107 Å². The molecule has 2 heterocycles. The van der Waals surface area contributed by atoms with Gasteiger partial charge in [0.2, 0.25) is 0 Å². The van der Waals surface area contributed by atoms with E-state index in [1.165, 1.54) is 0 Å². The summed E-state index contributed by atoms with van der Waals surface area (Å²) in [6.07, 6.45) is -0.421. The van der Waals surface area contributed by atoms with Crippen LogP contribution in [0.5, 0.6) is 0 Å². The summed E-state index contributed by atoms with van der Waals surface area (Å²) < 4.78 is 39.4. The van der Waals surface area contributed by atoms with Crippen molar-refractivity contribution in [1.82, 2.24) is 9.97 Å². The van der Waals surface area contributed by atoms with Crippen molar-refractivity contribution in [3.8, 4) is 0 Å². The van der Waals surface area contributed by atoms with Crippen molar-refractivity contribution < 1.29 is 13.2 Å². The maximum atomic E-state index is 13.1. The lowest BCUT2D eigenvalue weighted by molar-refractivity contribution is -0.137. The number of halogens is 4. The minimum atomic E-state index is -4.35. The fraction of sp³-hybridized carbons (Fsp3) is 0.120. The summed E-state index contributed by atoms with van der Waals surface area (Å²) in [7, 11) is 0. The molecule has 3 aromatic carbocycles. The standard InChI is InChI=1S/C25H19F3N2.ClH/c1-15-5-4-7-19-21(14-30-24(15)19)23(16-9-11-17(12-10-16)25(26,27)28)20-13-29-22-8-3-2-6-18(20)22;/h2-14,23,29-30H,1H3;1H. The van der Waals surface area contributed by atoms with Crippen molar-refractivity contribution in [1.29, 1.82) is 0 Å². The number of hydrogen-bond donors (Lipinski definition) is 2. The van der Waals surface area contributed by atoms with E-state index in [1.807, 2.05) is 55.7 Å². The summed E-state index contributed by atoms with van der Waals surface area (Å²) in [5, 5.41) is 2.13. The number of benzene rings is 3. The average Bonchev–Trinajstić information content (AvgIpc) is 3.34. The first-order valence-electron chi connectivity index (χ1n) is 9.73. The van der Waals surface area contributed by atoms with Gasteiger partial charge in [-0.05, 0) is 47.4 Å². The molecule has 1 unspecified atom stereocenters. The van der Waals surface area contributed by atoms with Gasteiger partial charge >= 0.3 is 6.18 Å². The number of para-hydroxylation sites is 2. The Hall–Kier alpha value is -3.18. The molecule has 0 radical (unpaired) electrons. The number of alkyl halides is 3. The van der Waals surface area contributed by atoms with Gasteiger partial charge in [0.1, 0.15) is 0 Å². The molecule has 6 heteroatoms. The predicted molar refractivity (Wildman–Crippen MR) is 121 cm³/mol. The lowest BCUT2D eigenvalue weighted by atomic mass is 9.84. The lowest BCUT2D eigenvalue weighted by Gasteiger charge is -2.18. The highest BCUT2D eigenvalue weighted by Crippen LogP contribution is 2.40. The Labute approximate surface area is 183 Å². The van der Waals surface area contributed by atoms with Crippen molar-refractivity contribution in [2.24, 2.45) is 0 Å². The molecule has 31 heavy (non-hydrogen) atoms. The molecule has 0 saturated carbocycles. The Kier molecular flexibility index (Phi) is 5.31. The number of fused-ring (bicyclic) bond motifs is 2. The van der Waals surface area contributed by atoms with Crippen molar-refractivity contribution in [3.63, 3.8) is 0 Å². The summed E-state index contributed by atoms with van der Waals surface area (Å²) in [6, 6.07) is 19.6. The topological polar surface area (TPSA) is 31.6 Å². The summed E-state index contributed by atoms with van der Waals surface area (Å²) >= 11 is 0. The minimum Gasteiger partial charge on any atom is -0.361 e. The zero-order valence-corrected chi connectivity index (χ0v) is 17.4.